The number of primary amides is 1. The molecule has 1 saturated heterocycles. The van der Waals surface area contributed by atoms with E-state index in [1.807, 2.05) is 6.92 Å². The molecule has 0 aliphatic carbocycles. The largest absolute Gasteiger partial charge is 0.379 e. The number of hydrogen-bond donors (Lipinski definition) is 4. The van der Waals surface area contributed by atoms with Crippen molar-refractivity contribution in [3.05, 3.63) is 0 Å². The third-order valence-corrected chi connectivity index (χ3v) is 2.61. The second-order valence-electron chi connectivity index (χ2n) is 3.89. The predicted molar refractivity (Wildman–Crippen MR) is 62.4 cm³/mol. The molecule has 7 nitrogen and oxygen atoms in total. The minimum Gasteiger partial charge on any atom is -0.379 e. The van der Waals surface area contributed by atoms with Gasteiger partial charge >= 0.3 is 6.03 Å². The topological polar surface area (TPSA) is 105 Å². The summed E-state index contributed by atoms with van der Waals surface area (Å²) in [6.07, 6.45) is 0. The zero-order chi connectivity index (χ0) is 12.7. The van der Waals surface area contributed by atoms with E-state index in [9.17, 15) is 9.59 Å². The number of likely N-dealkylation sites (N-methyl/N-ethyl adjacent to an activating group) is 1. The molecule has 5 N–H and O–H groups in total. The van der Waals surface area contributed by atoms with Crippen LogP contribution in [0, 0.1) is 5.92 Å². The van der Waals surface area contributed by atoms with Gasteiger partial charge in [0.05, 0.1) is 19.1 Å². The Bertz CT molecular complexity index is 272. The monoisotopic (exact) mass is 244 g/mol. The third-order valence-electron chi connectivity index (χ3n) is 2.61. The van der Waals surface area contributed by atoms with Crippen molar-refractivity contribution in [2.45, 2.75) is 13.0 Å². The van der Waals surface area contributed by atoms with Crippen LogP contribution in [0.5, 0.6) is 0 Å². The maximum atomic E-state index is 11.8. The van der Waals surface area contributed by atoms with Gasteiger partial charge in [0.2, 0.25) is 5.91 Å². The van der Waals surface area contributed by atoms with Gasteiger partial charge in [0.15, 0.2) is 0 Å². The fourth-order valence-corrected chi connectivity index (χ4v) is 1.78. The molecule has 0 saturated carbocycles. The summed E-state index contributed by atoms with van der Waals surface area (Å²) in [7, 11) is 0. The molecule has 0 radical (unpaired) electrons. The quantitative estimate of drug-likeness (QED) is 0.422. The highest BCUT2D eigenvalue weighted by molar-refractivity contribution is 5.80. The van der Waals surface area contributed by atoms with Crippen molar-refractivity contribution in [1.29, 1.82) is 0 Å². The summed E-state index contributed by atoms with van der Waals surface area (Å²) < 4.78 is 5.27. The van der Waals surface area contributed by atoms with Crippen molar-refractivity contribution >= 4 is 11.9 Å². The molecule has 0 aromatic heterocycles. The second kappa shape index (κ2) is 7.08. The van der Waals surface area contributed by atoms with Gasteiger partial charge in [-0.15, -0.1) is 0 Å². The number of nitrogens with one attached hydrogen (secondary N) is 3. The molecule has 1 heterocycles. The van der Waals surface area contributed by atoms with Crippen LogP contribution < -0.4 is 21.7 Å². The standard InChI is InChI=1S/C10H20N4O3/c1-2-12-8-6-17-5-7(8)9(15)13-3-4-14-10(11)16/h7-8,12H,2-6H2,1H3,(H,13,15)(H3,11,14,16). The lowest BCUT2D eigenvalue weighted by molar-refractivity contribution is -0.125. The van der Waals surface area contributed by atoms with Gasteiger partial charge in [-0.3, -0.25) is 4.79 Å². The summed E-state index contributed by atoms with van der Waals surface area (Å²) in [5, 5.41) is 8.35. The molecule has 3 amide bonds. The van der Waals surface area contributed by atoms with Crippen LogP contribution in [0.3, 0.4) is 0 Å². The van der Waals surface area contributed by atoms with E-state index in [0.717, 1.165) is 6.54 Å². The summed E-state index contributed by atoms with van der Waals surface area (Å²) in [6.45, 7) is 4.50. The molecule has 1 aliphatic rings. The number of rotatable bonds is 6. The lowest BCUT2D eigenvalue weighted by atomic mass is 10.0. The summed E-state index contributed by atoms with van der Waals surface area (Å²) in [5.74, 6) is -0.219. The van der Waals surface area contributed by atoms with Gasteiger partial charge in [0, 0.05) is 19.1 Å². The van der Waals surface area contributed by atoms with Gasteiger partial charge in [0.1, 0.15) is 0 Å². The molecule has 7 heteroatoms. The summed E-state index contributed by atoms with van der Waals surface area (Å²) in [5.41, 5.74) is 4.90. The van der Waals surface area contributed by atoms with Crippen molar-refractivity contribution < 1.29 is 14.3 Å². The maximum Gasteiger partial charge on any atom is 0.312 e. The highest BCUT2D eigenvalue weighted by Gasteiger charge is 2.32. The Balaban J connectivity index is 2.24. The first-order valence-electron chi connectivity index (χ1n) is 5.77. The molecule has 2 atom stereocenters. The van der Waals surface area contributed by atoms with E-state index < -0.39 is 6.03 Å². The molecular formula is C10H20N4O3. The molecule has 0 spiro atoms. The average Bonchev–Trinajstić information content (AvgIpc) is 2.72. The van der Waals surface area contributed by atoms with E-state index >= 15 is 0 Å². The van der Waals surface area contributed by atoms with Gasteiger partial charge in [-0.25, -0.2) is 4.79 Å². The molecule has 1 fully saturated rings. The van der Waals surface area contributed by atoms with Crippen LogP contribution in [0.15, 0.2) is 0 Å². The van der Waals surface area contributed by atoms with Crippen LogP contribution in [0.1, 0.15) is 6.92 Å². The van der Waals surface area contributed by atoms with Crippen molar-refractivity contribution in [1.82, 2.24) is 16.0 Å². The Kier molecular flexibility index (Phi) is 5.71. The maximum absolute atomic E-state index is 11.8. The molecule has 1 aliphatic heterocycles. The Morgan fingerprint density at radius 1 is 1.29 bits per heavy atom. The van der Waals surface area contributed by atoms with E-state index in [2.05, 4.69) is 16.0 Å². The molecular weight excluding hydrogens is 224 g/mol. The molecule has 1 rings (SSSR count). The van der Waals surface area contributed by atoms with Crippen LogP contribution in [0.2, 0.25) is 0 Å². The SMILES string of the molecule is CCNC1COCC1C(=O)NCCNC(N)=O. The van der Waals surface area contributed by atoms with Crippen LogP contribution in [-0.4, -0.2) is 50.8 Å². The van der Waals surface area contributed by atoms with Gasteiger partial charge in [0.25, 0.3) is 0 Å². The number of ether oxygens (including phenoxy) is 1. The molecule has 0 bridgehead atoms. The van der Waals surface area contributed by atoms with E-state index in [1.165, 1.54) is 0 Å². The van der Waals surface area contributed by atoms with Crippen molar-refractivity contribution in [2.75, 3.05) is 32.8 Å². The van der Waals surface area contributed by atoms with E-state index in [1.54, 1.807) is 0 Å². The van der Waals surface area contributed by atoms with E-state index in [0.29, 0.717) is 26.3 Å². The summed E-state index contributed by atoms with van der Waals surface area (Å²) >= 11 is 0. The minimum atomic E-state index is -0.589. The zero-order valence-electron chi connectivity index (χ0n) is 9.99. The number of hydrogen-bond acceptors (Lipinski definition) is 4. The molecule has 0 aromatic carbocycles. The van der Waals surface area contributed by atoms with Gasteiger partial charge in [-0.05, 0) is 6.54 Å². The third kappa shape index (κ3) is 4.58. The lowest BCUT2D eigenvalue weighted by Crippen LogP contribution is -2.45. The highest BCUT2D eigenvalue weighted by Crippen LogP contribution is 2.13. The van der Waals surface area contributed by atoms with Gasteiger partial charge in [-0.1, -0.05) is 6.92 Å². The van der Waals surface area contributed by atoms with E-state index in [-0.39, 0.29) is 17.9 Å². The number of carbonyl (C=O) groups excluding carboxylic acids is 2. The molecule has 2 unspecified atom stereocenters. The van der Waals surface area contributed by atoms with Gasteiger partial charge < -0.3 is 26.4 Å². The first-order valence-corrected chi connectivity index (χ1v) is 5.77. The first-order chi connectivity index (χ1) is 8.15. The fourth-order valence-electron chi connectivity index (χ4n) is 1.78. The van der Waals surface area contributed by atoms with Crippen molar-refractivity contribution in [3.63, 3.8) is 0 Å². The Labute approximate surface area is 100 Å². The van der Waals surface area contributed by atoms with Crippen molar-refractivity contribution in [3.8, 4) is 0 Å². The normalized spacial score (nSPS) is 23.4. The Morgan fingerprint density at radius 3 is 2.65 bits per heavy atom. The Hall–Kier alpha value is -1.34. The van der Waals surface area contributed by atoms with E-state index in [4.69, 9.17) is 10.5 Å². The predicted octanol–water partition coefficient (Wildman–Crippen LogP) is -1.60. The lowest BCUT2D eigenvalue weighted by Gasteiger charge is -2.17. The Morgan fingerprint density at radius 2 is 2.00 bits per heavy atom. The summed E-state index contributed by atoms with van der Waals surface area (Å²) in [4.78, 5) is 22.2. The molecule has 98 valence electrons. The second-order valence-corrected chi connectivity index (χ2v) is 3.89. The average molecular weight is 244 g/mol. The zero-order valence-corrected chi connectivity index (χ0v) is 9.99. The highest BCUT2D eigenvalue weighted by atomic mass is 16.5. The molecule has 0 aromatic rings. The molecule has 17 heavy (non-hydrogen) atoms. The number of carbonyl (C=O) groups is 2. The number of urea groups is 1. The van der Waals surface area contributed by atoms with Crippen molar-refractivity contribution in [2.24, 2.45) is 11.7 Å². The van der Waals surface area contributed by atoms with Crippen LogP contribution in [-0.2, 0) is 9.53 Å². The number of amides is 3. The number of nitrogens with two attached hydrogens (primary N) is 1. The van der Waals surface area contributed by atoms with Crippen LogP contribution >= 0.6 is 0 Å². The smallest absolute Gasteiger partial charge is 0.312 e. The van der Waals surface area contributed by atoms with Crippen LogP contribution in [0.25, 0.3) is 0 Å². The first kappa shape index (κ1) is 13.7. The minimum absolute atomic E-state index is 0.0558. The van der Waals surface area contributed by atoms with Gasteiger partial charge in [-0.2, -0.15) is 0 Å². The summed E-state index contributed by atoms with van der Waals surface area (Å²) in [6, 6.07) is -0.516. The van der Waals surface area contributed by atoms with Crippen LogP contribution in [0.4, 0.5) is 4.79 Å². The fraction of sp³-hybridized carbons (Fsp3) is 0.800.